The van der Waals surface area contributed by atoms with E-state index >= 15 is 0 Å². The van der Waals surface area contributed by atoms with E-state index in [1.807, 2.05) is 6.20 Å². The Labute approximate surface area is 78.1 Å². The number of nitrogens with zero attached hydrogens (tertiary/aromatic N) is 1. The molecule has 0 atom stereocenters. The summed E-state index contributed by atoms with van der Waals surface area (Å²) in [6.07, 6.45) is 1.84. The van der Waals surface area contributed by atoms with Crippen LogP contribution in [-0.4, -0.2) is 25.2 Å². The zero-order valence-electron chi connectivity index (χ0n) is 8.00. The van der Waals surface area contributed by atoms with Crippen molar-refractivity contribution in [3.8, 4) is 5.88 Å². The lowest BCUT2D eigenvalue weighted by atomic mass is 9.94. The Morgan fingerprint density at radius 3 is 2.85 bits per heavy atom. The molecule has 1 aliphatic heterocycles. The maximum atomic E-state index is 5.22. The molecule has 0 unspecified atom stereocenters. The molecule has 0 amide bonds. The van der Waals surface area contributed by atoms with Gasteiger partial charge in [-0.25, -0.2) is 4.98 Å². The second-order valence-corrected chi connectivity index (χ2v) is 3.47. The minimum absolute atomic E-state index is 0.586. The summed E-state index contributed by atoms with van der Waals surface area (Å²) in [7, 11) is 1.67. The molecule has 1 N–H and O–H groups in total. The van der Waals surface area contributed by atoms with Crippen LogP contribution in [0.5, 0.6) is 5.88 Å². The topological polar surface area (TPSA) is 34.1 Å². The van der Waals surface area contributed by atoms with Crippen molar-refractivity contribution < 1.29 is 4.74 Å². The second-order valence-electron chi connectivity index (χ2n) is 3.47. The minimum atomic E-state index is 0.586. The average Bonchev–Trinajstić information content (AvgIpc) is 2.02. The fourth-order valence-corrected chi connectivity index (χ4v) is 1.55. The van der Waals surface area contributed by atoms with Crippen molar-refractivity contribution in [1.29, 1.82) is 0 Å². The Kier molecular flexibility index (Phi) is 2.19. The van der Waals surface area contributed by atoms with Gasteiger partial charge in [0.2, 0.25) is 5.88 Å². The lowest BCUT2D eigenvalue weighted by molar-refractivity contribution is 0.371. The minimum Gasteiger partial charge on any atom is -0.481 e. The number of hydrogen-bond acceptors (Lipinski definition) is 3. The van der Waals surface area contributed by atoms with E-state index in [9.17, 15) is 0 Å². The summed E-state index contributed by atoms with van der Waals surface area (Å²) in [6, 6.07) is 2.16. The molecule has 1 saturated heterocycles. The van der Waals surface area contributed by atoms with E-state index in [1.165, 1.54) is 11.1 Å². The van der Waals surface area contributed by atoms with Gasteiger partial charge in [-0.05, 0) is 18.6 Å². The molecule has 1 aromatic heterocycles. The highest BCUT2D eigenvalue weighted by Gasteiger charge is 2.22. The molecule has 1 fully saturated rings. The van der Waals surface area contributed by atoms with Gasteiger partial charge in [-0.2, -0.15) is 0 Å². The van der Waals surface area contributed by atoms with Gasteiger partial charge in [-0.15, -0.1) is 0 Å². The molecule has 0 aliphatic carbocycles. The van der Waals surface area contributed by atoms with E-state index in [0.717, 1.165) is 19.0 Å². The van der Waals surface area contributed by atoms with Crippen molar-refractivity contribution in [2.24, 2.45) is 0 Å². The zero-order chi connectivity index (χ0) is 9.26. The normalized spacial score (nSPS) is 16.8. The second kappa shape index (κ2) is 3.34. The highest BCUT2D eigenvalue weighted by atomic mass is 16.5. The van der Waals surface area contributed by atoms with Crippen molar-refractivity contribution in [3.63, 3.8) is 0 Å². The van der Waals surface area contributed by atoms with Crippen LogP contribution in [0.2, 0.25) is 0 Å². The van der Waals surface area contributed by atoms with Gasteiger partial charge in [-0.1, -0.05) is 0 Å². The van der Waals surface area contributed by atoms with Gasteiger partial charge in [0.1, 0.15) is 0 Å². The van der Waals surface area contributed by atoms with Gasteiger partial charge in [0.25, 0.3) is 0 Å². The Morgan fingerprint density at radius 2 is 2.31 bits per heavy atom. The first-order valence-corrected chi connectivity index (χ1v) is 4.52. The number of nitrogens with one attached hydrogen (secondary N) is 1. The summed E-state index contributed by atoms with van der Waals surface area (Å²) >= 11 is 0. The molecule has 0 spiro atoms. The van der Waals surface area contributed by atoms with Crippen LogP contribution in [0, 0.1) is 6.92 Å². The summed E-state index contributed by atoms with van der Waals surface area (Å²) in [6.45, 7) is 4.14. The van der Waals surface area contributed by atoms with Crippen molar-refractivity contribution >= 4 is 0 Å². The van der Waals surface area contributed by atoms with Crippen LogP contribution in [-0.2, 0) is 0 Å². The van der Waals surface area contributed by atoms with Gasteiger partial charge >= 0.3 is 0 Å². The van der Waals surface area contributed by atoms with Crippen molar-refractivity contribution in [1.82, 2.24) is 10.3 Å². The van der Waals surface area contributed by atoms with E-state index in [2.05, 4.69) is 23.3 Å². The molecule has 0 saturated carbocycles. The van der Waals surface area contributed by atoms with Gasteiger partial charge in [-0.3, -0.25) is 0 Å². The lowest BCUT2D eigenvalue weighted by Crippen LogP contribution is -2.40. The summed E-state index contributed by atoms with van der Waals surface area (Å²) in [4.78, 5) is 4.25. The molecular formula is C10H14N2O. The molecule has 1 aromatic rings. The number of aryl methyl sites for hydroxylation is 1. The fraction of sp³-hybridized carbons (Fsp3) is 0.500. The highest BCUT2D eigenvalue weighted by Crippen LogP contribution is 2.27. The predicted octanol–water partition coefficient (Wildman–Crippen LogP) is 1.09. The first-order chi connectivity index (χ1) is 6.31. The summed E-state index contributed by atoms with van der Waals surface area (Å²) < 4.78 is 5.22. The maximum absolute atomic E-state index is 5.22. The summed E-state index contributed by atoms with van der Waals surface area (Å²) in [5.74, 6) is 1.36. The smallest absolute Gasteiger partial charge is 0.216 e. The summed E-state index contributed by atoms with van der Waals surface area (Å²) in [5, 5.41) is 3.25. The van der Waals surface area contributed by atoms with Crippen molar-refractivity contribution in [3.05, 3.63) is 23.4 Å². The number of aromatic nitrogens is 1. The maximum Gasteiger partial charge on any atom is 0.216 e. The zero-order valence-corrected chi connectivity index (χ0v) is 8.00. The van der Waals surface area contributed by atoms with Crippen LogP contribution in [0.3, 0.4) is 0 Å². The van der Waals surface area contributed by atoms with Gasteiger partial charge in [0.05, 0.1) is 7.11 Å². The lowest BCUT2D eigenvalue weighted by Gasteiger charge is -2.28. The Bertz CT molecular complexity index is 308. The molecule has 3 nitrogen and oxygen atoms in total. The molecule has 2 rings (SSSR count). The van der Waals surface area contributed by atoms with Crippen LogP contribution in [0.4, 0.5) is 0 Å². The Balaban J connectivity index is 2.33. The van der Waals surface area contributed by atoms with Gasteiger partial charge < -0.3 is 10.1 Å². The van der Waals surface area contributed by atoms with E-state index in [-0.39, 0.29) is 0 Å². The average molecular weight is 178 g/mol. The van der Waals surface area contributed by atoms with E-state index < -0.39 is 0 Å². The quantitative estimate of drug-likeness (QED) is 0.736. The van der Waals surface area contributed by atoms with Crippen molar-refractivity contribution in [2.45, 2.75) is 12.8 Å². The van der Waals surface area contributed by atoms with Crippen LogP contribution in [0.25, 0.3) is 0 Å². The highest BCUT2D eigenvalue weighted by molar-refractivity contribution is 5.34. The molecule has 0 radical (unpaired) electrons. The molecule has 1 aliphatic rings. The first kappa shape index (κ1) is 8.51. The van der Waals surface area contributed by atoms with Crippen LogP contribution in [0.1, 0.15) is 17.0 Å². The molecule has 2 heterocycles. The molecule has 13 heavy (non-hydrogen) atoms. The third-order valence-electron chi connectivity index (χ3n) is 2.43. The molecule has 0 aromatic carbocycles. The Morgan fingerprint density at radius 1 is 1.54 bits per heavy atom. The van der Waals surface area contributed by atoms with Crippen LogP contribution >= 0.6 is 0 Å². The third-order valence-corrected chi connectivity index (χ3v) is 2.43. The standard InChI is InChI=1S/C10H14N2O/c1-7-3-9(8-5-11-6-8)10(13-2)12-4-7/h3-4,8,11H,5-6H2,1-2H3. The number of pyridine rings is 1. The van der Waals surface area contributed by atoms with Crippen molar-refractivity contribution in [2.75, 3.05) is 20.2 Å². The van der Waals surface area contributed by atoms with Gasteiger partial charge in [0.15, 0.2) is 0 Å². The number of rotatable bonds is 2. The SMILES string of the molecule is COc1ncc(C)cc1C1CNC1. The largest absolute Gasteiger partial charge is 0.481 e. The summed E-state index contributed by atoms with van der Waals surface area (Å²) in [5.41, 5.74) is 2.43. The molecule has 70 valence electrons. The fourth-order valence-electron chi connectivity index (χ4n) is 1.55. The predicted molar refractivity (Wildman–Crippen MR) is 51.1 cm³/mol. The van der Waals surface area contributed by atoms with E-state index in [4.69, 9.17) is 4.74 Å². The van der Waals surface area contributed by atoms with Gasteiger partial charge in [0, 0.05) is 30.8 Å². The van der Waals surface area contributed by atoms with E-state index in [0.29, 0.717) is 5.92 Å². The molecule has 3 heteroatoms. The first-order valence-electron chi connectivity index (χ1n) is 4.52. The van der Waals surface area contributed by atoms with Crippen LogP contribution < -0.4 is 10.1 Å². The van der Waals surface area contributed by atoms with Crippen LogP contribution in [0.15, 0.2) is 12.3 Å². The molecular weight excluding hydrogens is 164 g/mol. The monoisotopic (exact) mass is 178 g/mol. The van der Waals surface area contributed by atoms with E-state index in [1.54, 1.807) is 7.11 Å². The number of ether oxygens (including phenoxy) is 1. The number of methoxy groups -OCH3 is 1. The Hall–Kier alpha value is -1.09. The third kappa shape index (κ3) is 1.52. The number of hydrogen-bond donors (Lipinski definition) is 1. The molecule has 0 bridgehead atoms.